The number of benzene rings is 2. The van der Waals surface area contributed by atoms with Crippen molar-refractivity contribution in [3.63, 3.8) is 0 Å². The Bertz CT molecular complexity index is 1300. The van der Waals surface area contributed by atoms with E-state index < -0.39 is 0 Å². The summed E-state index contributed by atoms with van der Waals surface area (Å²) in [5, 5.41) is 12.2. The topological polar surface area (TPSA) is 55.1 Å². The van der Waals surface area contributed by atoms with Gasteiger partial charge in [0.15, 0.2) is 0 Å². The molecule has 0 aliphatic heterocycles. The standard InChI is InChI=1S/C27H30N2O2S/c1-2-3-13-20-14-15-21(30)25-23(20)24-26(32-25)28-22(16-18-9-5-4-6-10-18)29(27(24)31)17-19-11-7-8-12-19/h4-6,9-10,14-15,19,30H,2-3,7-8,11-13,16-17H2,1H3. The number of aromatic nitrogens is 2. The first kappa shape index (κ1) is 21.2. The highest BCUT2D eigenvalue weighted by molar-refractivity contribution is 7.25. The fourth-order valence-electron chi connectivity index (χ4n) is 5.08. The molecular weight excluding hydrogens is 416 g/mol. The molecule has 2 aromatic carbocycles. The van der Waals surface area contributed by atoms with Crippen LogP contribution in [0.3, 0.4) is 0 Å². The molecule has 0 saturated heterocycles. The summed E-state index contributed by atoms with van der Waals surface area (Å²) in [6.45, 7) is 2.92. The van der Waals surface area contributed by atoms with Gasteiger partial charge in [0, 0.05) is 18.4 Å². The molecular formula is C27H30N2O2S. The Labute approximate surface area is 192 Å². The second-order valence-electron chi connectivity index (χ2n) is 9.09. The van der Waals surface area contributed by atoms with E-state index in [1.54, 1.807) is 6.07 Å². The summed E-state index contributed by atoms with van der Waals surface area (Å²) in [5.74, 6) is 1.62. The van der Waals surface area contributed by atoms with E-state index in [-0.39, 0.29) is 11.3 Å². The molecule has 5 rings (SSSR count). The highest BCUT2D eigenvalue weighted by Crippen LogP contribution is 2.39. The van der Waals surface area contributed by atoms with Crippen molar-refractivity contribution < 1.29 is 5.11 Å². The highest BCUT2D eigenvalue weighted by atomic mass is 32.1. The zero-order chi connectivity index (χ0) is 22.1. The number of nitrogens with zero attached hydrogens (tertiary/aromatic N) is 2. The second kappa shape index (κ2) is 9.07. The maximum atomic E-state index is 14.0. The maximum Gasteiger partial charge on any atom is 0.262 e. The number of hydrogen-bond donors (Lipinski definition) is 1. The first-order valence-corrected chi connectivity index (χ1v) is 12.7. The van der Waals surface area contributed by atoms with Crippen LogP contribution >= 0.6 is 11.3 Å². The average molecular weight is 447 g/mol. The van der Waals surface area contributed by atoms with Gasteiger partial charge in [-0.15, -0.1) is 11.3 Å². The van der Waals surface area contributed by atoms with Crippen LogP contribution < -0.4 is 5.56 Å². The summed E-state index contributed by atoms with van der Waals surface area (Å²) in [6.07, 6.45) is 8.57. The molecule has 0 radical (unpaired) electrons. The van der Waals surface area contributed by atoms with Gasteiger partial charge in [-0.1, -0.05) is 62.6 Å². The Morgan fingerprint density at radius 2 is 1.88 bits per heavy atom. The van der Waals surface area contributed by atoms with E-state index in [1.165, 1.54) is 37.0 Å². The minimum atomic E-state index is 0.0578. The summed E-state index contributed by atoms with van der Waals surface area (Å²) in [7, 11) is 0. The van der Waals surface area contributed by atoms with E-state index in [0.717, 1.165) is 57.7 Å². The smallest absolute Gasteiger partial charge is 0.262 e. The van der Waals surface area contributed by atoms with Crippen LogP contribution in [-0.4, -0.2) is 14.7 Å². The van der Waals surface area contributed by atoms with E-state index in [9.17, 15) is 9.90 Å². The van der Waals surface area contributed by atoms with Gasteiger partial charge >= 0.3 is 0 Å². The van der Waals surface area contributed by atoms with Crippen LogP contribution in [0.5, 0.6) is 5.75 Å². The predicted molar refractivity (Wildman–Crippen MR) is 133 cm³/mol. The van der Waals surface area contributed by atoms with Crippen molar-refractivity contribution in [2.24, 2.45) is 5.92 Å². The fraction of sp³-hybridized carbons (Fsp3) is 0.407. The molecule has 5 heteroatoms. The molecule has 0 spiro atoms. The number of thiophene rings is 1. The highest BCUT2D eigenvalue weighted by Gasteiger charge is 2.23. The Hall–Kier alpha value is -2.66. The number of phenols is 1. The van der Waals surface area contributed by atoms with E-state index in [4.69, 9.17) is 4.98 Å². The van der Waals surface area contributed by atoms with Crippen molar-refractivity contribution >= 4 is 31.6 Å². The Morgan fingerprint density at radius 1 is 1.09 bits per heavy atom. The third-order valence-electron chi connectivity index (χ3n) is 6.81. The zero-order valence-electron chi connectivity index (χ0n) is 18.6. The minimum absolute atomic E-state index is 0.0578. The molecule has 0 atom stereocenters. The normalized spacial score (nSPS) is 14.7. The van der Waals surface area contributed by atoms with Gasteiger partial charge in [-0.05, 0) is 48.8 Å². The molecule has 4 nitrogen and oxygen atoms in total. The molecule has 0 unspecified atom stereocenters. The van der Waals surface area contributed by atoms with Crippen molar-refractivity contribution in [3.8, 4) is 5.75 Å². The SMILES string of the molecule is CCCCc1ccc(O)c2sc3nc(Cc4ccccc4)n(CC4CCCC4)c(=O)c3c12. The number of aryl methyl sites for hydroxylation is 1. The van der Waals surface area contributed by atoms with Gasteiger partial charge in [0.05, 0.1) is 10.1 Å². The fourth-order valence-corrected chi connectivity index (χ4v) is 6.22. The molecule has 2 aromatic heterocycles. The third-order valence-corrected chi connectivity index (χ3v) is 7.91. The second-order valence-corrected chi connectivity index (χ2v) is 10.1. The molecule has 1 N–H and O–H groups in total. The molecule has 1 fully saturated rings. The summed E-state index contributed by atoms with van der Waals surface area (Å²) < 4.78 is 2.74. The number of aromatic hydroxyl groups is 1. The third kappa shape index (κ3) is 3.95. The first-order chi connectivity index (χ1) is 15.7. The van der Waals surface area contributed by atoms with Gasteiger partial charge in [0.25, 0.3) is 5.56 Å². The number of fused-ring (bicyclic) bond motifs is 3. The zero-order valence-corrected chi connectivity index (χ0v) is 19.5. The van der Waals surface area contributed by atoms with Gasteiger partial charge < -0.3 is 5.11 Å². The lowest BCUT2D eigenvalue weighted by molar-refractivity contribution is 0.438. The van der Waals surface area contributed by atoms with Gasteiger partial charge in [-0.25, -0.2) is 4.98 Å². The number of phenolic OH excluding ortho intramolecular Hbond substituents is 1. The summed E-state index contributed by atoms with van der Waals surface area (Å²) >= 11 is 1.45. The molecule has 2 heterocycles. The Kier molecular flexibility index (Phi) is 6.01. The van der Waals surface area contributed by atoms with Crippen molar-refractivity contribution in [2.45, 2.75) is 64.8 Å². The lowest BCUT2D eigenvalue weighted by atomic mass is 10.0. The van der Waals surface area contributed by atoms with Crippen LogP contribution in [0.1, 0.15) is 62.4 Å². The lowest BCUT2D eigenvalue weighted by Crippen LogP contribution is -2.28. The van der Waals surface area contributed by atoms with E-state index >= 15 is 0 Å². The Balaban J connectivity index is 1.73. The number of hydrogen-bond acceptors (Lipinski definition) is 4. The number of rotatable bonds is 7. The summed E-state index contributed by atoms with van der Waals surface area (Å²) in [4.78, 5) is 19.8. The van der Waals surface area contributed by atoms with E-state index in [0.29, 0.717) is 17.7 Å². The molecule has 166 valence electrons. The molecule has 1 saturated carbocycles. The summed E-state index contributed by atoms with van der Waals surface area (Å²) in [6, 6.07) is 14.0. The van der Waals surface area contributed by atoms with Crippen LogP contribution in [0.15, 0.2) is 47.3 Å². The number of unbranched alkanes of at least 4 members (excludes halogenated alkanes) is 1. The molecule has 0 amide bonds. The Morgan fingerprint density at radius 3 is 2.62 bits per heavy atom. The predicted octanol–water partition coefficient (Wildman–Crippen LogP) is 6.44. The van der Waals surface area contributed by atoms with Crippen molar-refractivity contribution in [1.29, 1.82) is 0 Å². The monoisotopic (exact) mass is 446 g/mol. The maximum absolute atomic E-state index is 14.0. The van der Waals surface area contributed by atoms with Gasteiger partial charge in [-0.3, -0.25) is 9.36 Å². The van der Waals surface area contributed by atoms with Gasteiger partial charge in [0.1, 0.15) is 16.4 Å². The van der Waals surface area contributed by atoms with Crippen LogP contribution in [0, 0.1) is 5.92 Å². The quantitative estimate of drug-likeness (QED) is 0.355. The van der Waals surface area contributed by atoms with Crippen molar-refractivity contribution in [3.05, 3.63) is 69.8 Å². The first-order valence-electron chi connectivity index (χ1n) is 11.9. The van der Waals surface area contributed by atoms with Crippen LogP contribution in [-0.2, 0) is 19.4 Å². The largest absolute Gasteiger partial charge is 0.506 e. The summed E-state index contributed by atoms with van der Waals surface area (Å²) in [5.41, 5.74) is 2.36. The van der Waals surface area contributed by atoms with E-state index in [2.05, 4.69) is 19.1 Å². The van der Waals surface area contributed by atoms with Crippen LogP contribution in [0.4, 0.5) is 0 Å². The molecule has 1 aliphatic carbocycles. The molecule has 1 aliphatic rings. The lowest BCUT2D eigenvalue weighted by Gasteiger charge is -2.16. The average Bonchev–Trinajstić information content (AvgIpc) is 3.45. The van der Waals surface area contributed by atoms with Crippen LogP contribution in [0.2, 0.25) is 0 Å². The van der Waals surface area contributed by atoms with Crippen molar-refractivity contribution in [2.75, 3.05) is 0 Å². The van der Waals surface area contributed by atoms with Gasteiger partial charge in [0.2, 0.25) is 0 Å². The molecule has 4 aromatic rings. The molecule has 0 bridgehead atoms. The van der Waals surface area contributed by atoms with Gasteiger partial charge in [-0.2, -0.15) is 0 Å². The minimum Gasteiger partial charge on any atom is -0.506 e. The molecule has 32 heavy (non-hydrogen) atoms. The van der Waals surface area contributed by atoms with Crippen molar-refractivity contribution in [1.82, 2.24) is 9.55 Å². The van der Waals surface area contributed by atoms with Crippen LogP contribution in [0.25, 0.3) is 20.3 Å². The van der Waals surface area contributed by atoms with E-state index in [1.807, 2.05) is 28.8 Å².